The smallest absolute Gasteiger partial charge is 0.397 e. The number of hydrogen-bond acceptors (Lipinski definition) is 3. The monoisotopic (exact) mass is 305 g/mol. The average molecular weight is 305 g/mol. The van der Waals surface area contributed by atoms with E-state index < -0.39 is 33.5 Å². The van der Waals surface area contributed by atoms with Crippen molar-refractivity contribution in [1.82, 2.24) is 4.31 Å². The highest BCUT2D eigenvalue weighted by Gasteiger charge is 2.70. The van der Waals surface area contributed by atoms with Crippen molar-refractivity contribution in [2.24, 2.45) is 0 Å². The predicted octanol–water partition coefficient (Wildman–Crippen LogP) is 2.12. The lowest BCUT2D eigenvalue weighted by Gasteiger charge is -2.27. The van der Waals surface area contributed by atoms with Gasteiger partial charge in [-0.25, -0.2) is 12.7 Å². The van der Waals surface area contributed by atoms with Crippen molar-refractivity contribution in [2.75, 3.05) is 14.1 Å². The number of hydrogen-bond donors (Lipinski definition) is 0. The molecule has 0 bridgehead atoms. The molecule has 0 fully saturated rings. The first kappa shape index (κ1) is 17.0. The molecule has 108 valence electrons. The lowest BCUT2D eigenvalue weighted by atomic mass is 10.6. The Morgan fingerprint density at radius 2 is 1.44 bits per heavy atom. The molecule has 4 nitrogen and oxygen atoms in total. The Hall–Kier alpha value is -1.04. The van der Waals surface area contributed by atoms with E-state index in [1.165, 1.54) is 0 Å². The molecule has 0 aromatic heterocycles. The molecule has 0 aliphatic carbocycles. The summed E-state index contributed by atoms with van der Waals surface area (Å²) in [5, 5.41) is -5.93. The maximum absolute atomic E-state index is 12.9. The van der Waals surface area contributed by atoms with Gasteiger partial charge in [-0.3, -0.25) is 0 Å². The highest BCUT2D eigenvalue weighted by Crippen LogP contribution is 2.42. The molecule has 0 saturated heterocycles. The number of alkyl halides is 4. The molecular formula is C6H6F7NO3S. The molecule has 18 heavy (non-hydrogen) atoms. The van der Waals surface area contributed by atoms with Crippen molar-refractivity contribution in [3.63, 3.8) is 0 Å². The zero-order valence-electron chi connectivity index (χ0n) is 8.73. The van der Waals surface area contributed by atoms with E-state index in [1.54, 1.807) is 0 Å². The second kappa shape index (κ2) is 4.91. The number of sulfonamides is 1. The van der Waals surface area contributed by atoms with E-state index >= 15 is 0 Å². The molecule has 12 heteroatoms. The van der Waals surface area contributed by atoms with Gasteiger partial charge in [0, 0.05) is 14.1 Å². The van der Waals surface area contributed by atoms with Crippen molar-refractivity contribution < 1.29 is 43.9 Å². The molecule has 0 N–H and O–H groups in total. The summed E-state index contributed by atoms with van der Waals surface area (Å²) in [6.45, 7) is 0. The highest BCUT2D eigenvalue weighted by molar-refractivity contribution is 7.90. The Labute approximate surface area is 96.7 Å². The zero-order chi connectivity index (χ0) is 14.9. The van der Waals surface area contributed by atoms with Crippen LogP contribution in [0.4, 0.5) is 30.7 Å². The minimum absolute atomic E-state index is 0.294. The Morgan fingerprint density at radius 1 is 1.06 bits per heavy atom. The van der Waals surface area contributed by atoms with Crippen LogP contribution < -0.4 is 0 Å². The lowest BCUT2D eigenvalue weighted by molar-refractivity contribution is -0.309. The van der Waals surface area contributed by atoms with Gasteiger partial charge in [-0.15, -0.1) is 0 Å². The fourth-order valence-corrected chi connectivity index (χ4v) is 1.39. The average Bonchev–Trinajstić information content (AvgIpc) is 2.15. The first-order chi connectivity index (χ1) is 7.77. The molecule has 0 aromatic carbocycles. The van der Waals surface area contributed by atoms with Crippen LogP contribution in [0.2, 0.25) is 0 Å². The van der Waals surface area contributed by atoms with Gasteiger partial charge in [0.05, 0.1) is 0 Å². The van der Waals surface area contributed by atoms with Crippen molar-refractivity contribution in [3.05, 3.63) is 12.1 Å². The maximum Gasteiger partial charge on any atom is 0.483 e. The van der Waals surface area contributed by atoms with E-state index in [9.17, 15) is 39.2 Å². The summed E-state index contributed by atoms with van der Waals surface area (Å²) in [6.07, 6.45) is -9.45. The van der Waals surface area contributed by atoms with Crippen molar-refractivity contribution in [1.29, 1.82) is 0 Å². The van der Waals surface area contributed by atoms with Gasteiger partial charge in [0.2, 0.25) is 0 Å². The second-order valence-electron chi connectivity index (χ2n) is 2.96. The predicted molar refractivity (Wildman–Crippen MR) is 43.9 cm³/mol. The molecule has 0 spiro atoms. The van der Waals surface area contributed by atoms with Crippen molar-refractivity contribution >= 4 is 10.0 Å². The van der Waals surface area contributed by atoms with Gasteiger partial charge in [0.15, 0.2) is 0 Å². The molecule has 0 radical (unpaired) electrons. The number of ether oxygens (including phenoxy) is 1. The Kier molecular flexibility index (Phi) is 4.63. The summed E-state index contributed by atoms with van der Waals surface area (Å²) >= 11 is 0. The quantitative estimate of drug-likeness (QED) is 0.577. The standard InChI is InChI=1S/C6H6F7NO3S/c1-14(2)18(15,16)6(12,13)5(10,11)17-4(9)3(7)8/h1-2H3. The van der Waals surface area contributed by atoms with Crippen molar-refractivity contribution in [3.8, 4) is 0 Å². The van der Waals surface area contributed by atoms with Crippen LogP contribution in [0.3, 0.4) is 0 Å². The van der Waals surface area contributed by atoms with Crippen LogP contribution >= 0.6 is 0 Å². The van der Waals surface area contributed by atoms with Crippen LogP contribution in [0.25, 0.3) is 0 Å². The molecule has 0 aromatic rings. The van der Waals surface area contributed by atoms with Crippen LogP contribution in [-0.4, -0.2) is 38.2 Å². The Morgan fingerprint density at radius 3 is 1.72 bits per heavy atom. The van der Waals surface area contributed by atoms with E-state index in [-0.39, 0.29) is 4.31 Å². The summed E-state index contributed by atoms with van der Waals surface area (Å²) in [7, 11) is -4.94. The lowest BCUT2D eigenvalue weighted by Crippen LogP contribution is -2.52. The van der Waals surface area contributed by atoms with E-state index in [0.717, 1.165) is 0 Å². The van der Waals surface area contributed by atoms with Gasteiger partial charge in [-0.2, -0.15) is 30.7 Å². The van der Waals surface area contributed by atoms with E-state index in [2.05, 4.69) is 4.74 Å². The molecule has 0 atom stereocenters. The maximum atomic E-state index is 12.9. The summed E-state index contributed by atoms with van der Waals surface area (Å²) < 4.78 is 110. The van der Waals surface area contributed by atoms with Gasteiger partial charge < -0.3 is 4.74 Å². The molecule has 0 aliphatic rings. The highest BCUT2D eigenvalue weighted by atomic mass is 32.2. The van der Waals surface area contributed by atoms with Gasteiger partial charge in [-0.1, -0.05) is 0 Å². The van der Waals surface area contributed by atoms with E-state index in [4.69, 9.17) is 0 Å². The fourth-order valence-electron chi connectivity index (χ4n) is 0.590. The van der Waals surface area contributed by atoms with Gasteiger partial charge in [0.1, 0.15) is 0 Å². The third-order valence-electron chi connectivity index (χ3n) is 1.51. The first-order valence-corrected chi connectivity index (χ1v) is 5.29. The minimum Gasteiger partial charge on any atom is -0.397 e. The summed E-state index contributed by atoms with van der Waals surface area (Å²) in [5.41, 5.74) is 0. The van der Waals surface area contributed by atoms with Crippen LogP contribution in [-0.2, 0) is 14.8 Å². The number of halogens is 7. The van der Waals surface area contributed by atoms with E-state index in [1.807, 2.05) is 0 Å². The van der Waals surface area contributed by atoms with E-state index in [0.29, 0.717) is 14.1 Å². The Bertz CT molecular complexity index is 440. The summed E-state index contributed by atoms with van der Waals surface area (Å²) in [5.74, 6) is 0. The van der Waals surface area contributed by atoms with Gasteiger partial charge in [-0.05, 0) is 0 Å². The van der Waals surface area contributed by atoms with Crippen LogP contribution in [0.15, 0.2) is 12.1 Å². The minimum atomic E-state index is -6.01. The van der Waals surface area contributed by atoms with Gasteiger partial charge in [0.25, 0.3) is 10.0 Å². The number of rotatable bonds is 5. The topological polar surface area (TPSA) is 46.6 Å². The molecule has 0 amide bonds. The fraction of sp³-hybridized carbons (Fsp3) is 0.667. The molecule has 0 heterocycles. The molecular weight excluding hydrogens is 299 g/mol. The third-order valence-corrected chi connectivity index (χ3v) is 3.36. The molecule has 0 rings (SSSR count). The largest absolute Gasteiger partial charge is 0.483 e. The van der Waals surface area contributed by atoms with Crippen LogP contribution in [0.5, 0.6) is 0 Å². The molecule has 0 aliphatic heterocycles. The number of nitrogens with zero attached hydrogens (tertiary/aromatic N) is 1. The third kappa shape index (κ3) is 2.85. The summed E-state index contributed by atoms with van der Waals surface area (Å²) in [6, 6.07) is -3.30. The van der Waals surface area contributed by atoms with Crippen molar-refractivity contribution in [2.45, 2.75) is 11.4 Å². The Balaban J connectivity index is 5.55. The van der Waals surface area contributed by atoms with Gasteiger partial charge >= 0.3 is 23.5 Å². The normalized spacial score (nSPS) is 13.7. The van der Waals surface area contributed by atoms with Crippen LogP contribution in [0.1, 0.15) is 0 Å². The first-order valence-electron chi connectivity index (χ1n) is 3.85. The molecule has 0 unspecified atom stereocenters. The SMILES string of the molecule is CN(C)S(=O)(=O)C(F)(F)C(F)(F)OC(F)=C(F)F. The summed E-state index contributed by atoms with van der Waals surface area (Å²) in [4.78, 5) is 0. The molecule has 0 saturated carbocycles. The second-order valence-corrected chi connectivity index (χ2v) is 5.15. The van der Waals surface area contributed by atoms with Crippen LogP contribution in [0, 0.1) is 0 Å². The zero-order valence-corrected chi connectivity index (χ0v) is 9.54.